The fraction of sp³-hybridized carbons (Fsp3) is 0.950. The predicted octanol–water partition coefficient (Wildman–Crippen LogP) is 7.72. The fourth-order valence-corrected chi connectivity index (χ4v) is 2.97. The van der Waals surface area contributed by atoms with E-state index in [0.29, 0.717) is 0 Å². The molecular weight excluding hydrogens is 240 g/mol. The lowest BCUT2D eigenvalue weighted by Crippen LogP contribution is -1.95. The summed E-state index contributed by atoms with van der Waals surface area (Å²) in [7, 11) is 0. The zero-order valence-corrected chi connectivity index (χ0v) is 14.8. The lowest BCUT2D eigenvalue weighted by molar-refractivity contribution is 0.432. The first-order valence-corrected chi connectivity index (χ1v) is 9.59. The van der Waals surface area contributed by atoms with Crippen molar-refractivity contribution in [2.75, 3.05) is 0 Å². The molecule has 0 aromatic rings. The third-order valence-electron chi connectivity index (χ3n) is 4.49. The maximum absolute atomic E-state index is 2.46. The van der Waals surface area contributed by atoms with Gasteiger partial charge < -0.3 is 0 Å². The van der Waals surface area contributed by atoms with E-state index in [4.69, 9.17) is 0 Å². The minimum Gasteiger partial charge on any atom is -0.0654 e. The summed E-state index contributed by atoms with van der Waals surface area (Å²) in [4.78, 5) is 0. The van der Waals surface area contributed by atoms with E-state index >= 15 is 0 Å². The number of hydrogen-bond acceptors (Lipinski definition) is 0. The van der Waals surface area contributed by atoms with Gasteiger partial charge >= 0.3 is 0 Å². The summed E-state index contributed by atoms with van der Waals surface area (Å²) >= 11 is 0. The van der Waals surface area contributed by atoms with E-state index in [0.717, 1.165) is 5.92 Å². The Morgan fingerprint density at radius 1 is 0.650 bits per heavy atom. The summed E-state index contributed by atoms with van der Waals surface area (Å²) in [5, 5.41) is 0. The molecule has 0 nitrogen and oxygen atoms in total. The monoisotopic (exact) mass is 281 g/mol. The molecule has 0 fully saturated rings. The van der Waals surface area contributed by atoms with Gasteiger partial charge in [0.1, 0.15) is 0 Å². The van der Waals surface area contributed by atoms with Gasteiger partial charge in [-0.25, -0.2) is 0 Å². The summed E-state index contributed by atoms with van der Waals surface area (Å²) in [5.41, 5.74) is 0. The van der Waals surface area contributed by atoms with Gasteiger partial charge in [0.15, 0.2) is 0 Å². The Balaban J connectivity index is 3.10. The maximum atomic E-state index is 2.46. The second-order valence-electron chi connectivity index (χ2n) is 6.77. The van der Waals surface area contributed by atoms with Gasteiger partial charge in [0.25, 0.3) is 0 Å². The Hall–Kier alpha value is 0. The van der Waals surface area contributed by atoms with Gasteiger partial charge in [0.05, 0.1) is 0 Å². The minimum atomic E-state index is 0.966. The van der Waals surface area contributed by atoms with Gasteiger partial charge in [-0.05, 0) is 12.3 Å². The minimum absolute atomic E-state index is 0.966. The van der Waals surface area contributed by atoms with Crippen molar-refractivity contribution in [1.82, 2.24) is 0 Å². The normalized spacial score (nSPS) is 12.8. The summed E-state index contributed by atoms with van der Waals surface area (Å²) < 4.78 is 0. The summed E-state index contributed by atoms with van der Waals surface area (Å²) in [6.07, 6.45) is 23.9. The van der Waals surface area contributed by atoms with Crippen LogP contribution in [0.4, 0.5) is 0 Å². The van der Waals surface area contributed by atoms with Crippen molar-refractivity contribution in [1.29, 1.82) is 0 Å². The molecule has 0 aromatic carbocycles. The van der Waals surface area contributed by atoms with Crippen LogP contribution in [0.25, 0.3) is 0 Å². The third kappa shape index (κ3) is 16.1. The molecule has 1 unspecified atom stereocenters. The highest BCUT2D eigenvalue weighted by atomic mass is 14.1. The van der Waals surface area contributed by atoms with Crippen LogP contribution < -0.4 is 0 Å². The zero-order valence-electron chi connectivity index (χ0n) is 14.8. The smallest absolute Gasteiger partial charge is 0.0417 e. The molecule has 1 radical (unpaired) electrons. The molecule has 0 heterocycles. The van der Waals surface area contributed by atoms with Crippen molar-refractivity contribution in [3.05, 3.63) is 6.42 Å². The van der Waals surface area contributed by atoms with Gasteiger partial charge in [0, 0.05) is 0 Å². The van der Waals surface area contributed by atoms with Crippen molar-refractivity contribution in [3.63, 3.8) is 0 Å². The van der Waals surface area contributed by atoms with Gasteiger partial charge in [-0.3, -0.25) is 0 Å². The highest BCUT2D eigenvalue weighted by Gasteiger charge is 2.02. The van der Waals surface area contributed by atoms with Gasteiger partial charge in [0.2, 0.25) is 0 Å². The van der Waals surface area contributed by atoms with E-state index in [-0.39, 0.29) is 0 Å². The Labute approximate surface area is 130 Å². The molecule has 0 N–H and O–H groups in total. The second kappa shape index (κ2) is 17.1. The first-order chi connectivity index (χ1) is 9.81. The van der Waals surface area contributed by atoms with Crippen LogP contribution in [-0.4, -0.2) is 0 Å². The number of hydrogen-bond donors (Lipinski definition) is 0. The summed E-state index contributed by atoms with van der Waals surface area (Å²) in [5.74, 6) is 0.966. The van der Waals surface area contributed by atoms with Gasteiger partial charge in [-0.1, -0.05) is 117 Å². The van der Waals surface area contributed by atoms with E-state index < -0.39 is 0 Å². The zero-order chi connectivity index (χ0) is 14.9. The highest BCUT2D eigenvalue weighted by Crippen LogP contribution is 2.18. The van der Waals surface area contributed by atoms with E-state index in [1.54, 1.807) is 0 Å². The molecule has 0 heteroatoms. The molecule has 1 atom stereocenters. The molecule has 0 saturated heterocycles. The van der Waals surface area contributed by atoms with E-state index in [9.17, 15) is 0 Å². The lowest BCUT2D eigenvalue weighted by Gasteiger charge is -2.11. The van der Waals surface area contributed by atoms with Crippen molar-refractivity contribution >= 4 is 0 Å². The van der Waals surface area contributed by atoms with Crippen LogP contribution in [0.3, 0.4) is 0 Å². The van der Waals surface area contributed by atoms with Crippen LogP contribution in [0, 0.1) is 12.3 Å². The molecule has 0 spiro atoms. The number of rotatable bonds is 16. The van der Waals surface area contributed by atoms with Crippen molar-refractivity contribution in [2.24, 2.45) is 5.92 Å². The van der Waals surface area contributed by atoms with Crippen molar-refractivity contribution in [3.8, 4) is 0 Å². The van der Waals surface area contributed by atoms with Crippen LogP contribution in [0.5, 0.6) is 0 Å². The molecule has 121 valence electrons. The SMILES string of the molecule is C[CH]CCCCCCC(C)CCCCCCCCCC. The number of unbranched alkanes of at least 4 members (excludes halogenated alkanes) is 12. The van der Waals surface area contributed by atoms with E-state index in [1.807, 2.05) is 0 Å². The largest absolute Gasteiger partial charge is 0.0654 e. The van der Waals surface area contributed by atoms with Gasteiger partial charge in [-0.2, -0.15) is 0 Å². The van der Waals surface area contributed by atoms with Crippen LogP contribution in [0.2, 0.25) is 0 Å². The van der Waals surface area contributed by atoms with E-state index in [2.05, 4.69) is 27.2 Å². The first-order valence-electron chi connectivity index (χ1n) is 9.59. The molecule has 0 saturated carbocycles. The predicted molar refractivity (Wildman–Crippen MR) is 94.1 cm³/mol. The Kier molecular flexibility index (Phi) is 17.1. The summed E-state index contributed by atoms with van der Waals surface area (Å²) in [6.45, 7) is 6.93. The topological polar surface area (TPSA) is 0 Å². The average Bonchev–Trinajstić information content (AvgIpc) is 2.45. The Morgan fingerprint density at radius 3 is 1.60 bits per heavy atom. The molecular formula is C20H41. The lowest BCUT2D eigenvalue weighted by atomic mass is 9.96. The molecule has 0 aliphatic heterocycles. The standard InChI is InChI=1S/C20H41/c1-4-6-8-10-12-13-15-17-19-20(3)18-16-14-11-9-7-5-2/h5,20H,4,6-19H2,1-3H3. The van der Waals surface area contributed by atoms with Crippen LogP contribution >= 0.6 is 0 Å². The van der Waals surface area contributed by atoms with E-state index in [1.165, 1.54) is 96.3 Å². The Bertz CT molecular complexity index is 161. The molecule has 0 bridgehead atoms. The molecule has 0 amide bonds. The van der Waals surface area contributed by atoms with Crippen molar-refractivity contribution in [2.45, 2.75) is 117 Å². The fourth-order valence-electron chi connectivity index (χ4n) is 2.97. The van der Waals surface area contributed by atoms with Crippen LogP contribution in [0.15, 0.2) is 0 Å². The molecule has 0 rings (SSSR count). The van der Waals surface area contributed by atoms with Gasteiger partial charge in [-0.15, -0.1) is 0 Å². The second-order valence-corrected chi connectivity index (χ2v) is 6.77. The highest BCUT2D eigenvalue weighted by molar-refractivity contribution is 4.58. The van der Waals surface area contributed by atoms with Crippen LogP contribution in [-0.2, 0) is 0 Å². The average molecular weight is 282 g/mol. The first kappa shape index (κ1) is 20.0. The van der Waals surface area contributed by atoms with Crippen molar-refractivity contribution < 1.29 is 0 Å². The Morgan fingerprint density at radius 2 is 1.10 bits per heavy atom. The maximum Gasteiger partial charge on any atom is -0.0417 e. The third-order valence-corrected chi connectivity index (χ3v) is 4.49. The molecule has 0 aliphatic rings. The van der Waals surface area contributed by atoms with Crippen LogP contribution in [0.1, 0.15) is 117 Å². The molecule has 20 heavy (non-hydrogen) atoms. The molecule has 0 aromatic heterocycles. The summed E-state index contributed by atoms with van der Waals surface area (Å²) in [6, 6.07) is 0. The molecule has 0 aliphatic carbocycles. The quantitative estimate of drug-likeness (QED) is 0.254.